The van der Waals surface area contributed by atoms with Gasteiger partial charge in [0.25, 0.3) is 17.9 Å². The Morgan fingerprint density at radius 2 is 1.50 bits per heavy atom. The molecule has 0 atom stereocenters. The van der Waals surface area contributed by atoms with Gasteiger partial charge in [0, 0.05) is 33.1 Å². The smallest absolute Gasteiger partial charge is 0.451 e. The highest BCUT2D eigenvalue weighted by atomic mass is 32.2. The minimum absolute atomic E-state index is 0.281. The zero-order chi connectivity index (χ0) is 13.8. The summed E-state index contributed by atoms with van der Waals surface area (Å²) < 4.78 is 15.3. The van der Waals surface area contributed by atoms with Crippen LogP contribution in [0.3, 0.4) is 0 Å². The molecular weight excluding hydrogens is 278 g/mol. The van der Waals surface area contributed by atoms with E-state index in [1.54, 1.807) is 0 Å². The van der Waals surface area contributed by atoms with Crippen LogP contribution >= 0.6 is 11.8 Å². The summed E-state index contributed by atoms with van der Waals surface area (Å²) >= 11 is 1.26. The van der Waals surface area contributed by atoms with E-state index in [1.165, 1.54) is 11.8 Å². The Hall–Kier alpha value is -1.35. The van der Waals surface area contributed by atoms with Crippen molar-refractivity contribution in [1.29, 1.82) is 0 Å². The average Bonchev–Trinajstić information content (AvgIpc) is 2.65. The van der Waals surface area contributed by atoms with E-state index < -0.39 is 26.7 Å². The minimum Gasteiger partial charge on any atom is -0.451 e. The van der Waals surface area contributed by atoms with Crippen LogP contribution in [0.25, 0.3) is 0 Å². The quantitative estimate of drug-likeness (QED) is 0.688. The monoisotopic (exact) mass is 291 g/mol. The van der Waals surface area contributed by atoms with Crippen LogP contribution in [0.5, 0.6) is 0 Å². The molecule has 0 amide bonds. The summed E-state index contributed by atoms with van der Waals surface area (Å²) in [5.41, 5.74) is 0. The molecule has 0 aromatic heterocycles. The predicted molar refractivity (Wildman–Crippen MR) is 65.8 cm³/mol. The molecule has 0 saturated heterocycles. The molecule has 0 saturated carbocycles. The van der Waals surface area contributed by atoms with Crippen LogP contribution in [-0.2, 0) is 27.7 Å². The number of nitrogens with zero attached hydrogens (tertiary/aromatic N) is 1. The van der Waals surface area contributed by atoms with E-state index in [0.717, 1.165) is 20.8 Å². The molecule has 0 unspecified atom stereocenters. The van der Waals surface area contributed by atoms with Gasteiger partial charge in [0.15, 0.2) is 4.67 Å². The topological polar surface area (TPSA) is 91.3 Å². The van der Waals surface area contributed by atoms with Crippen LogP contribution in [-0.4, -0.2) is 43.7 Å². The molecule has 0 radical (unpaired) electrons. The van der Waals surface area contributed by atoms with E-state index in [9.17, 15) is 14.4 Å². The Balaban J connectivity index is 3.09. The lowest BCUT2D eigenvalue weighted by molar-refractivity contribution is -0.146. The van der Waals surface area contributed by atoms with Gasteiger partial charge in [0.1, 0.15) is 0 Å². The van der Waals surface area contributed by atoms with E-state index in [-0.39, 0.29) is 4.67 Å². The molecule has 0 N–H and O–H groups in total. The normalized spacial score (nSPS) is 14.7. The average molecular weight is 291 g/mol. The molecule has 1 rings (SSSR count). The highest BCUT2D eigenvalue weighted by Gasteiger charge is 2.59. The first-order valence-electron chi connectivity index (χ1n) is 5.12. The molecule has 1 aliphatic rings. The zero-order valence-electron chi connectivity index (χ0n) is 10.2. The second kappa shape index (κ2) is 6.00. The molecule has 18 heavy (non-hydrogen) atoms. The fourth-order valence-electron chi connectivity index (χ4n) is 1.28. The molecule has 100 valence electrons. The fraction of sp³-hybridized carbons (Fsp3) is 0.556. The van der Waals surface area contributed by atoms with Gasteiger partial charge in [-0.2, -0.15) is 0 Å². The molecule has 0 aromatic carbocycles. The summed E-state index contributed by atoms with van der Waals surface area (Å²) in [7, 11) is -3.89. The maximum Gasteiger partial charge on any atom is 0.768 e. The lowest BCUT2D eigenvalue weighted by Gasteiger charge is -2.25. The minimum atomic E-state index is -3.89. The maximum absolute atomic E-state index is 11.1. The van der Waals surface area contributed by atoms with Crippen LogP contribution in [0, 0.1) is 0 Å². The van der Waals surface area contributed by atoms with Gasteiger partial charge in [-0.15, -0.1) is 11.8 Å². The standard InChI is InChI=1S/C9H13NO6SSi/c1-6(11)14-18(15-7(2)12,16-8(3)13)9-10-4-5-17-9/h4-5H2,1-3H3. The van der Waals surface area contributed by atoms with Crippen molar-refractivity contribution in [3.8, 4) is 0 Å². The summed E-state index contributed by atoms with van der Waals surface area (Å²) in [5, 5.41) is 0. The lowest BCUT2D eigenvalue weighted by atomic mass is 10.8. The number of rotatable bonds is 4. The van der Waals surface area contributed by atoms with Crippen molar-refractivity contribution >= 4 is 43.1 Å². The van der Waals surface area contributed by atoms with Crippen molar-refractivity contribution in [3.63, 3.8) is 0 Å². The number of hydrogen-bond acceptors (Lipinski definition) is 8. The van der Waals surface area contributed by atoms with Gasteiger partial charge in [-0.3, -0.25) is 19.4 Å². The van der Waals surface area contributed by atoms with Crippen molar-refractivity contribution in [1.82, 2.24) is 0 Å². The molecule has 0 aromatic rings. The molecule has 0 fully saturated rings. The second-order valence-corrected chi connectivity index (χ2v) is 7.02. The number of carbonyl (C=O) groups is 3. The van der Waals surface area contributed by atoms with Gasteiger partial charge < -0.3 is 13.3 Å². The third kappa shape index (κ3) is 3.84. The Morgan fingerprint density at radius 3 is 1.78 bits per heavy atom. The first kappa shape index (κ1) is 14.7. The van der Waals surface area contributed by atoms with Gasteiger partial charge in [0.2, 0.25) is 0 Å². The van der Waals surface area contributed by atoms with E-state index in [0.29, 0.717) is 12.3 Å². The van der Waals surface area contributed by atoms with Crippen molar-refractivity contribution < 1.29 is 27.7 Å². The summed E-state index contributed by atoms with van der Waals surface area (Å²) in [4.78, 5) is 37.5. The van der Waals surface area contributed by atoms with Crippen molar-refractivity contribution in [2.24, 2.45) is 4.99 Å². The third-order valence-electron chi connectivity index (χ3n) is 1.68. The van der Waals surface area contributed by atoms with Crippen LogP contribution in [0.15, 0.2) is 4.99 Å². The number of carbonyl (C=O) groups excluding carboxylic acids is 3. The Labute approximate surface area is 109 Å². The number of aliphatic imine (C=N–C) groups is 1. The Kier molecular flexibility index (Phi) is 4.90. The van der Waals surface area contributed by atoms with Crippen LogP contribution in [0.4, 0.5) is 0 Å². The second-order valence-electron chi connectivity index (χ2n) is 3.37. The van der Waals surface area contributed by atoms with Crippen LogP contribution < -0.4 is 0 Å². The summed E-state index contributed by atoms with van der Waals surface area (Å²) in [6, 6.07) is 0. The third-order valence-corrected chi connectivity index (χ3v) is 6.00. The molecule has 0 spiro atoms. The Bertz CT molecular complexity index is 369. The predicted octanol–water partition coefficient (Wildman–Crippen LogP) is 0.299. The fourth-order valence-corrected chi connectivity index (χ4v) is 5.06. The molecule has 0 bridgehead atoms. The summed E-state index contributed by atoms with van der Waals surface area (Å²) in [5.74, 6) is -1.42. The Morgan fingerprint density at radius 1 is 1.06 bits per heavy atom. The van der Waals surface area contributed by atoms with E-state index in [4.69, 9.17) is 13.3 Å². The first-order valence-corrected chi connectivity index (χ1v) is 7.83. The highest BCUT2D eigenvalue weighted by molar-refractivity contribution is 8.18. The molecule has 9 heteroatoms. The van der Waals surface area contributed by atoms with Gasteiger partial charge >= 0.3 is 8.80 Å². The SMILES string of the molecule is CC(=O)O[Si](OC(C)=O)(OC(C)=O)C1=NCCS1. The summed E-state index contributed by atoms with van der Waals surface area (Å²) in [6.45, 7) is 3.94. The lowest BCUT2D eigenvalue weighted by Crippen LogP contribution is -2.55. The van der Waals surface area contributed by atoms with Crippen molar-refractivity contribution in [3.05, 3.63) is 0 Å². The van der Waals surface area contributed by atoms with Gasteiger partial charge in [0.05, 0.1) is 0 Å². The van der Waals surface area contributed by atoms with E-state index >= 15 is 0 Å². The molecule has 0 aliphatic carbocycles. The summed E-state index contributed by atoms with van der Waals surface area (Å²) in [6.07, 6.45) is 0. The first-order chi connectivity index (χ1) is 8.35. The van der Waals surface area contributed by atoms with Crippen LogP contribution in [0.1, 0.15) is 20.8 Å². The van der Waals surface area contributed by atoms with E-state index in [2.05, 4.69) is 4.99 Å². The van der Waals surface area contributed by atoms with Gasteiger partial charge in [-0.25, -0.2) is 0 Å². The van der Waals surface area contributed by atoms with Crippen molar-refractivity contribution in [2.75, 3.05) is 12.3 Å². The van der Waals surface area contributed by atoms with Gasteiger partial charge in [-0.1, -0.05) is 0 Å². The number of hydrogen-bond donors (Lipinski definition) is 0. The maximum atomic E-state index is 11.1. The zero-order valence-corrected chi connectivity index (χ0v) is 12.0. The number of thioether (sulfide) groups is 1. The molecule has 1 aliphatic heterocycles. The molecular formula is C9H13NO6SSi. The van der Waals surface area contributed by atoms with Crippen LogP contribution in [0.2, 0.25) is 0 Å². The molecule has 7 nitrogen and oxygen atoms in total. The van der Waals surface area contributed by atoms with Gasteiger partial charge in [-0.05, 0) is 0 Å². The van der Waals surface area contributed by atoms with Crippen molar-refractivity contribution in [2.45, 2.75) is 20.8 Å². The van der Waals surface area contributed by atoms with E-state index in [1.807, 2.05) is 0 Å². The highest BCUT2D eigenvalue weighted by Crippen LogP contribution is 2.25. The largest absolute Gasteiger partial charge is 0.768 e. The molecule has 1 heterocycles.